The van der Waals surface area contributed by atoms with Crippen LogP contribution in [0.3, 0.4) is 0 Å². The van der Waals surface area contributed by atoms with Crippen LogP contribution in [-0.2, 0) is 17.9 Å². The summed E-state index contributed by atoms with van der Waals surface area (Å²) in [5.41, 5.74) is 3.64. The SMILES string of the molecule is COc1ccc(C2Cn3nc(-c4nc(-c5ccccc5)no4)cc3CO2)cc1. The van der Waals surface area contributed by atoms with E-state index in [2.05, 4.69) is 15.2 Å². The molecule has 7 heteroatoms. The van der Waals surface area contributed by atoms with Crippen molar-refractivity contribution in [1.29, 1.82) is 0 Å². The third-order valence-corrected chi connectivity index (χ3v) is 4.80. The fourth-order valence-corrected chi connectivity index (χ4v) is 3.28. The van der Waals surface area contributed by atoms with E-state index in [4.69, 9.17) is 14.0 Å². The minimum absolute atomic E-state index is 0.0614. The Labute approximate surface area is 161 Å². The molecular weight excluding hydrogens is 356 g/mol. The minimum atomic E-state index is -0.0614. The van der Waals surface area contributed by atoms with E-state index < -0.39 is 0 Å². The zero-order chi connectivity index (χ0) is 18.9. The second-order valence-electron chi connectivity index (χ2n) is 6.56. The number of aromatic nitrogens is 4. The van der Waals surface area contributed by atoms with Gasteiger partial charge in [-0.1, -0.05) is 47.6 Å². The lowest BCUT2D eigenvalue weighted by molar-refractivity contribution is -0.00115. The summed E-state index contributed by atoms with van der Waals surface area (Å²) in [6.07, 6.45) is -0.0614. The first kappa shape index (κ1) is 16.7. The van der Waals surface area contributed by atoms with Crippen LogP contribution in [0.15, 0.2) is 65.2 Å². The Morgan fingerprint density at radius 2 is 1.89 bits per heavy atom. The molecule has 0 aliphatic carbocycles. The molecule has 3 heterocycles. The van der Waals surface area contributed by atoms with Gasteiger partial charge in [0.2, 0.25) is 5.82 Å². The van der Waals surface area contributed by atoms with Gasteiger partial charge in [-0.05, 0) is 23.8 Å². The van der Waals surface area contributed by atoms with E-state index in [-0.39, 0.29) is 6.10 Å². The molecule has 0 radical (unpaired) electrons. The van der Waals surface area contributed by atoms with Crippen molar-refractivity contribution in [3.8, 4) is 28.7 Å². The summed E-state index contributed by atoms with van der Waals surface area (Å²) < 4.78 is 18.6. The largest absolute Gasteiger partial charge is 0.497 e. The Bertz CT molecular complexity index is 1090. The molecule has 2 aromatic carbocycles. The van der Waals surface area contributed by atoms with E-state index in [1.807, 2.05) is 65.3 Å². The molecule has 2 aromatic heterocycles. The first-order valence-corrected chi connectivity index (χ1v) is 9.02. The summed E-state index contributed by atoms with van der Waals surface area (Å²) in [6.45, 7) is 1.10. The molecule has 0 N–H and O–H groups in total. The highest BCUT2D eigenvalue weighted by atomic mass is 16.5. The van der Waals surface area contributed by atoms with Crippen LogP contribution in [0.5, 0.6) is 5.75 Å². The molecule has 0 amide bonds. The van der Waals surface area contributed by atoms with Gasteiger partial charge in [0.15, 0.2) is 5.69 Å². The Balaban J connectivity index is 1.38. The van der Waals surface area contributed by atoms with Gasteiger partial charge in [-0.2, -0.15) is 10.1 Å². The van der Waals surface area contributed by atoms with Crippen LogP contribution in [0.1, 0.15) is 17.4 Å². The van der Waals surface area contributed by atoms with E-state index >= 15 is 0 Å². The highest BCUT2D eigenvalue weighted by Gasteiger charge is 2.24. The lowest BCUT2D eigenvalue weighted by Crippen LogP contribution is -2.21. The van der Waals surface area contributed by atoms with Gasteiger partial charge in [0.1, 0.15) is 11.9 Å². The first-order chi connectivity index (χ1) is 13.8. The number of ether oxygens (including phenoxy) is 2. The number of methoxy groups -OCH3 is 1. The van der Waals surface area contributed by atoms with Crippen LogP contribution in [0.4, 0.5) is 0 Å². The Hall–Kier alpha value is -3.45. The third-order valence-electron chi connectivity index (χ3n) is 4.80. The van der Waals surface area contributed by atoms with Gasteiger partial charge in [-0.3, -0.25) is 4.68 Å². The van der Waals surface area contributed by atoms with Gasteiger partial charge < -0.3 is 14.0 Å². The molecule has 0 fully saturated rings. The maximum absolute atomic E-state index is 6.02. The van der Waals surface area contributed by atoms with Crippen molar-refractivity contribution < 1.29 is 14.0 Å². The van der Waals surface area contributed by atoms with Crippen molar-refractivity contribution in [3.05, 3.63) is 71.9 Å². The predicted molar refractivity (Wildman–Crippen MR) is 101 cm³/mol. The van der Waals surface area contributed by atoms with Crippen LogP contribution in [0, 0.1) is 0 Å². The van der Waals surface area contributed by atoms with E-state index in [1.54, 1.807) is 7.11 Å². The molecule has 4 aromatic rings. The van der Waals surface area contributed by atoms with E-state index in [0.29, 0.717) is 30.6 Å². The molecule has 1 unspecified atom stereocenters. The number of hydrogen-bond donors (Lipinski definition) is 0. The lowest BCUT2D eigenvalue weighted by Gasteiger charge is -2.24. The molecule has 0 saturated carbocycles. The molecule has 5 rings (SSSR count). The maximum Gasteiger partial charge on any atom is 0.278 e. The van der Waals surface area contributed by atoms with E-state index in [0.717, 1.165) is 22.6 Å². The summed E-state index contributed by atoms with van der Waals surface area (Å²) >= 11 is 0. The Kier molecular flexibility index (Phi) is 4.14. The molecule has 0 bridgehead atoms. The van der Waals surface area contributed by atoms with E-state index in [1.165, 1.54) is 0 Å². The molecule has 0 spiro atoms. The van der Waals surface area contributed by atoms with E-state index in [9.17, 15) is 0 Å². The highest BCUT2D eigenvalue weighted by molar-refractivity contribution is 5.57. The van der Waals surface area contributed by atoms with Crippen molar-refractivity contribution in [3.63, 3.8) is 0 Å². The Morgan fingerprint density at radius 3 is 2.68 bits per heavy atom. The molecule has 7 nitrogen and oxygen atoms in total. The molecular formula is C21H18N4O3. The topological polar surface area (TPSA) is 75.2 Å². The van der Waals surface area contributed by atoms with Crippen LogP contribution in [0.2, 0.25) is 0 Å². The van der Waals surface area contributed by atoms with Crippen molar-refractivity contribution in [2.75, 3.05) is 7.11 Å². The van der Waals surface area contributed by atoms with Crippen LogP contribution < -0.4 is 4.74 Å². The zero-order valence-corrected chi connectivity index (χ0v) is 15.3. The van der Waals surface area contributed by atoms with Gasteiger partial charge >= 0.3 is 0 Å². The van der Waals surface area contributed by atoms with Gasteiger partial charge in [0.25, 0.3) is 5.89 Å². The van der Waals surface area contributed by atoms with Gasteiger partial charge in [0, 0.05) is 5.56 Å². The van der Waals surface area contributed by atoms with Crippen molar-refractivity contribution in [1.82, 2.24) is 19.9 Å². The van der Waals surface area contributed by atoms with Crippen LogP contribution >= 0.6 is 0 Å². The van der Waals surface area contributed by atoms with Crippen molar-refractivity contribution in [2.45, 2.75) is 19.3 Å². The second-order valence-corrected chi connectivity index (χ2v) is 6.56. The van der Waals surface area contributed by atoms with Gasteiger partial charge in [-0.25, -0.2) is 0 Å². The Morgan fingerprint density at radius 1 is 1.07 bits per heavy atom. The fraction of sp³-hybridized carbons (Fsp3) is 0.190. The summed E-state index contributed by atoms with van der Waals surface area (Å²) in [5, 5.41) is 8.72. The number of rotatable bonds is 4. The van der Waals surface area contributed by atoms with Crippen molar-refractivity contribution >= 4 is 0 Å². The molecule has 1 atom stereocenters. The molecule has 0 saturated heterocycles. The van der Waals surface area contributed by atoms with Crippen LogP contribution in [-0.4, -0.2) is 27.0 Å². The smallest absolute Gasteiger partial charge is 0.278 e. The second kappa shape index (κ2) is 6.94. The van der Waals surface area contributed by atoms with Crippen LogP contribution in [0.25, 0.3) is 23.0 Å². The molecule has 140 valence electrons. The normalized spacial score (nSPS) is 16.0. The summed E-state index contributed by atoms with van der Waals surface area (Å²) in [7, 11) is 1.66. The standard InChI is InChI=1S/C21H18N4O3/c1-26-17-9-7-14(8-10-17)19-12-25-16(13-27-19)11-18(23-25)21-22-20(24-28-21)15-5-3-2-4-6-15/h2-11,19H,12-13H2,1H3. The number of fused-ring (bicyclic) bond motifs is 1. The molecule has 1 aliphatic rings. The average molecular weight is 374 g/mol. The first-order valence-electron chi connectivity index (χ1n) is 9.02. The monoisotopic (exact) mass is 374 g/mol. The predicted octanol–water partition coefficient (Wildman–Crippen LogP) is 3.88. The number of benzene rings is 2. The quantitative estimate of drug-likeness (QED) is 0.540. The molecule has 28 heavy (non-hydrogen) atoms. The average Bonchev–Trinajstić information content (AvgIpc) is 3.41. The van der Waals surface area contributed by atoms with Gasteiger partial charge in [0.05, 0.1) is 26.0 Å². The minimum Gasteiger partial charge on any atom is -0.497 e. The maximum atomic E-state index is 6.02. The molecule has 1 aliphatic heterocycles. The number of nitrogens with zero attached hydrogens (tertiary/aromatic N) is 4. The highest BCUT2D eigenvalue weighted by Crippen LogP contribution is 2.30. The third kappa shape index (κ3) is 3.05. The lowest BCUT2D eigenvalue weighted by atomic mass is 10.1. The fourth-order valence-electron chi connectivity index (χ4n) is 3.28. The zero-order valence-electron chi connectivity index (χ0n) is 15.3. The van der Waals surface area contributed by atoms with Gasteiger partial charge in [-0.15, -0.1) is 0 Å². The summed E-state index contributed by atoms with van der Waals surface area (Å²) in [6, 6.07) is 19.6. The number of hydrogen-bond acceptors (Lipinski definition) is 6. The van der Waals surface area contributed by atoms with Crippen molar-refractivity contribution in [2.24, 2.45) is 0 Å². The summed E-state index contributed by atoms with van der Waals surface area (Å²) in [5.74, 6) is 1.78. The summed E-state index contributed by atoms with van der Waals surface area (Å²) in [4.78, 5) is 4.48.